The summed E-state index contributed by atoms with van der Waals surface area (Å²) in [5.74, 6) is 2.68. The molecular formula is C21H24N4O3. The fourth-order valence-electron chi connectivity index (χ4n) is 4.15. The Kier molecular flexibility index (Phi) is 4.60. The largest absolute Gasteiger partial charge is 0.486 e. The second-order valence-electron chi connectivity index (χ2n) is 7.55. The van der Waals surface area contributed by atoms with Crippen molar-refractivity contribution >= 4 is 5.91 Å². The number of hydrogen-bond donors (Lipinski definition) is 1. The topological polar surface area (TPSA) is 76.6 Å². The van der Waals surface area contributed by atoms with E-state index in [0.29, 0.717) is 36.2 Å². The first kappa shape index (κ1) is 17.4. The van der Waals surface area contributed by atoms with E-state index in [-0.39, 0.29) is 5.91 Å². The number of nitrogens with zero attached hydrogens (tertiary/aromatic N) is 3. The number of aromatic nitrogens is 2. The van der Waals surface area contributed by atoms with Gasteiger partial charge in [0.1, 0.15) is 19.0 Å². The van der Waals surface area contributed by atoms with Crippen molar-refractivity contribution in [3.8, 4) is 11.5 Å². The van der Waals surface area contributed by atoms with E-state index in [1.165, 1.54) is 11.3 Å². The maximum absolute atomic E-state index is 12.9. The molecule has 7 heteroatoms. The molecule has 0 spiro atoms. The first-order valence-electron chi connectivity index (χ1n) is 10.0. The van der Waals surface area contributed by atoms with Gasteiger partial charge >= 0.3 is 0 Å². The van der Waals surface area contributed by atoms with Crippen LogP contribution in [0.25, 0.3) is 0 Å². The van der Waals surface area contributed by atoms with Crippen LogP contribution in [0.3, 0.4) is 0 Å². The Bertz CT molecular complexity index is 893. The zero-order chi connectivity index (χ0) is 18.9. The van der Waals surface area contributed by atoms with Crippen LogP contribution >= 0.6 is 0 Å². The van der Waals surface area contributed by atoms with Gasteiger partial charge in [-0.05, 0) is 31.0 Å². The molecule has 0 radical (unpaired) electrons. The standard InChI is InChI=1S/C21H24N4O3/c26-21(15-1-2-18-19(11-15)28-10-9-27-18)25-7-4-14(5-8-25)20-23-13-16-12-22-6-3-17(16)24-20/h1-2,11,13-14,22H,3-10,12H2. The average Bonchev–Trinajstić information content (AvgIpc) is 2.78. The van der Waals surface area contributed by atoms with Crippen molar-refractivity contribution in [2.24, 2.45) is 0 Å². The number of hydrogen-bond acceptors (Lipinski definition) is 6. The molecule has 0 aliphatic carbocycles. The van der Waals surface area contributed by atoms with Crippen molar-refractivity contribution < 1.29 is 14.3 Å². The van der Waals surface area contributed by atoms with E-state index >= 15 is 0 Å². The molecule has 1 aromatic carbocycles. The van der Waals surface area contributed by atoms with Gasteiger partial charge in [0.25, 0.3) is 5.91 Å². The SMILES string of the molecule is O=C(c1ccc2c(c1)OCCO2)N1CCC(c2ncc3c(n2)CCNC3)CC1. The molecule has 1 fully saturated rings. The highest BCUT2D eigenvalue weighted by molar-refractivity contribution is 5.95. The van der Waals surface area contributed by atoms with E-state index in [9.17, 15) is 4.79 Å². The molecule has 28 heavy (non-hydrogen) atoms. The van der Waals surface area contributed by atoms with Gasteiger partial charge in [-0.2, -0.15) is 0 Å². The maximum atomic E-state index is 12.9. The smallest absolute Gasteiger partial charge is 0.253 e. The molecule has 3 aliphatic heterocycles. The van der Waals surface area contributed by atoms with Gasteiger partial charge in [0.2, 0.25) is 0 Å². The van der Waals surface area contributed by atoms with E-state index in [4.69, 9.17) is 14.5 Å². The molecule has 7 nitrogen and oxygen atoms in total. The number of amides is 1. The normalized spacial score (nSPS) is 19.2. The Balaban J connectivity index is 1.25. The summed E-state index contributed by atoms with van der Waals surface area (Å²) in [4.78, 5) is 24.3. The van der Waals surface area contributed by atoms with Crippen molar-refractivity contribution in [1.29, 1.82) is 0 Å². The van der Waals surface area contributed by atoms with E-state index in [1.54, 1.807) is 6.07 Å². The number of rotatable bonds is 2. The molecular weight excluding hydrogens is 356 g/mol. The molecule has 5 rings (SSSR count). The molecule has 3 aliphatic rings. The van der Waals surface area contributed by atoms with Crippen molar-refractivity contribution in [1.82, 2.24) is 20.2 Å². The summed E-state index contributed by atoms with van der Waals surface area (Å²) in [6, 6.07) is 5.44. The van der Waals surface area contributed by atoms with Crippen molar-refractivity contribution in [3.05, 3.63) is 47.0 Å². The average molecular weight is 380 g/mol. The van der Waals surface area contributed by atoms with Gasteiger partial charge in [-0.25, -0.2) is 9.97 Å². The monoisotopic (exact) mass is 380 g/mol. The Labute approximate surface area is 164 Å². The molecule has 0 atom stereocenters. The second kappa shape index (κ2) is 7.39. The minimum atomic E-state index is 0.0489. The van der Waals surface area contributed by atoms with E-state index < -0.39 is 0 Å². The van der Waals surface area contributed by atoms with Gasteiger partial charge in [-0.3, -0.25) is 4.79 Å². The predicted octanol–water partition coefficient (Wildman–Crippen LogP) is 1.91. The lowest BCUT2D eigenvalue weighted by Crippen LogP contribution is -2.38. The van der Waals surface area contributed by atoms with Crippen LogP contribution in [0.2, 0.25) is 0 Å². The van der Waals surface area contributed by atoms with Crippen molar-refractivity contribution in [3.63, 3.8) is 0 Å². The van der Waals surface area contributed by atoms with Crippen LogP contribution in [-0.4, -0.2) is 53.6 Å². The van der Waals surface area contributed by atoms with E-state index in [1.807, 2.05) is 23.2 Å². The molecule has 2 aromatic rings. The number of carbonyl (C=O) groups is 1. The predicted molar refractivity (Wildman–Crippen MR) is 103 cm³/mol. The van der Waals surface area contributed by atoms with Crippen molar-refractivity contribution in [2.45, 2.75) is 31.7 Å². The van der Waals surface area contributed by atoms with Crippen LogP contribution in [0.5, 0.6) is 11.5 Å². The molecule has 0 saturated carbocycles. The van der Waals surface area contributed by atoms with Gasteiger partial charge < -0.3 is 19.7 Å². The zero-order valence-electron chi connectivity index (χ0n) is 15.8. The number of fused-ring (bicyclic) bond motifs is 2. The number of likely N-dealkylation sites (tertiary alicyclic amines) is 1. The maximum Gasteiger partial charge on any atom is 0.253 e. The third-order valence-electron chi connectivity index (χ3n) is 5.76. The molecule has 4 heterocycles. The summed E-state index contributed by atoms with van der Waals surface area (Å²) < 4.78 is 11.1. The lowest BCUT2D eigenvalue weighted by Gasteiger charge is -2.32. The van der Waals surface area contributed by atoms with Crippen LogP contribution in [0.4, 0.5) is 0 Å². The quantitative estimate of drug-likeness (QED) is 0.858. The van der Waals surface area contributed by atoms with Gasteiger partial charge in [0, 0.05) is 61.5 Å². The minimum absolute atomic E-state index is 0.0489. The summed E-state index contributed by atoms with van der Waals surface area (Å²) in [5.41, 5.74) is 3.04. The molecule has 1 saturated heterocycles. The van der Waals surface area contributed by atoms with E-state index in [2.05, 4.69) is 10.3 Å². The second-order valence-corrected chi connectivity index (χ2v) is 7.55. The lowest BCUT2D eigenvalue weighted by molar-refractivity contribution is 0.0710. The fourth-order valence-corrected chi connectivity index (χ4v) is 4.15. The van der Waals surface area contributed by atoms with Crippen LogP contribution < -0.4 is 14.8 Å². The Morgan fingerprint density at radius 2 is 1.96 bits per heavy atom. The summed E-state index contributed by atoms with van der Waals surface area (Å²) >= 11 is 0. The number of ether oxygens (including phenoxy) is 2. The number of piperidine rings is 1. The van der Waals surface area contributed by atoms with Gasteiger partial charge in [0.15, 0.2) is 11.5 Å². The highest BCUT2D eigenvalue weighted by atomic mass is 16.6. The summed E-state index contributed by atoms with van der Waals surface area (Å²) in [6.45, 7) is 4.35. The summed E-state index contributed by atoms with van der Waals surface area (Å²) in [7, 11) is 0. The Morgan fingerprint density at radius 1 is 1.14 bits per heavy atom. The van der Waals surface area contributed by atoms with Crippen LogP contribution in [-0.2, 0) is 13.0 Å². The minimum Gasteiger partial charge on any atom is -0.486 e. The zero-order valence-corrected chi connectivity index (χ0v) is 15.8. The molecule has 1 amide bonds. The molecule has 146 valence electrons. The van der Waals surface area contributed by atoms with Crippen LogP contribution in [0.1, 0.15) is 46.2 Å². The van der Waals surface area contributed by atoms with Gasteiger partial charge in [-0.1, -0.05) is 0 Å². The molecule has 0 unspecified atom stereocenters. The Morgan fingerprint density at radius 3 is 2.82 bits per heavy atom. The fraction of sp³-hybridized carbons (Fsp3) is 0.476. The Hall–Kier alpha value is -2.67. The number of nitrogens with one attached hydrogen (secondary N) is 1. The van der Waals surface area contributed by atoms with Gasteiger partial charge in [0.05, 0.1) is 0 Å². The molecule has 1 aromatic heterocycles. The van der Waals surface area contributed by atoms with E-state index in [0.717, 1.165) is 51.3 Å². The summed E-state index contributed by atoms with van der Waals surface area (Å²) in [5, 5.41) is 3.35. The highest BCUT2D eigenvalue weighted by Gasteiger charge is 2.27. The third kappa shape index (κ3) is 3.30. The summed E-state index contributed by atoms with van der Waals surface area (Å²) in [6.07, 6.45) is 4.73. The molecule has 0 bridgehead atoms. The first-order valence-corrected chi connectivity index (χ1v) is 10.0. The lowest BCUT2D eigenvalue weighted by atomic mass is 9.95. The first-order chi connectivity index (χ1) is 13.8. The third-order valence-corrected chi connectivity index (χ3v) is 5.76. The number of benzene rings is 1. The van der Waals surface area contributed by atoms with Crippen LogP contribution in [0, 0.1) is 0 Å². The molecule has 1 N–H and O–H groups in total. The van der Waals surface area contributed by atoms with Crippen molar-refractivity contribution in [2.75, 3.05) is 32.8 Å². The highest BCUT2D eigenvalue weighted by Crippen LogP contribution is 2.32. The van der Waals surface area contributed by atoms with Crippen LogP contribution in [0.15, 0.2) is 24.4 Å². The van der Waals surface area contributed by atoms with Gasteiger partial charge in [-0.15, -0.1) is 0 Å². The number of carbonyl (C=O) groups excluding carboxylic acids is 1.